The highest BCUT2D eigenvalue weighted by Crippen LogP contribution is 2.23. The fourth-order valence-corrected chi connectivity index (χ4v) is 3.93. The van der Waals surface area contributed by atoms with Crippen molar-refractivity contribution in [1.82, 2.24) is 10.6 Å². The lowest BCUT2D eigenvalue weighted by Gasteiger charge is -2.21. The fraction of sp³-hybridized carbons (Fsp3) is 0.500. The van der Waals surface area contributed by atoms with E-state index in [1.165, 1.54) is 0 Å². The lowest BCUT2D eigenvalue weighted by molar-refractivity contribution is 0.0865. The van der Waals surface area contributed by atoms with Crippen molar-refractivity contribution in [2.45, 2.75) is 40.5 Å². The summed E-state index contributed by atoms with van der Waals surface area (Å²) in [6.07, 6.45) is 1.27. The van der Waals surface area contributed by atoms with Crippen LogP contribution in [0.3, 0.4) is 0 Å². The van der Waals surface area contributed by atoms with Gasteiger partial charge in [0.25, 0.3) is 0 Å². The maximum atomic E-state index is 13.3. The fourth-order valence-electron chi connectivity index (χ4n) is 3.93. The smallest absolute Gasteiger partial charge is 0.167 e. The molecule has 0 aliphatic carbocycles. The van der Waals surface area contributed by atoms with Crippen molar-refractivity contribution in [3.63, 3.8) is 0 Å². The molecule has 2 rings (SSSR count). The first-order chi connectivity index (χ1) is 16.5. The largest absolute Gasteiger partial charge is 0.494 e. The van der Waals surface area contributed by atoms with Crippen LogP contribution in [0.4, 0.5) is 0 Å². The van der Waals surface area contributed by atoms with Gasteiger partial charge < -0.3 is 20.1 Å². The molecule has 0 bridgehead atoms. The molecule has 6 nitrogen and oxygen atoms in total. The number of carbonyl (C=O) groups excluding carboxylic acids is 2. The van der Waals surface area contributed by atoms with E-state index in [1.54, 1.807) is 0 Å². The van der Waals surface area contributed by atoms with Crippen molar-refractivity contribution in [2.75, 3.05) is 39.4 Å². The van der Waals surface area contributed by atoms with Crippen molar-refractivity contribution < 1.29 is 19.1 Å². The Bertz CT molecular complexity index is 791. The SMILES string of the molecule is CCNC[C@@H](CC[C@H](CNCC)C(=O)c1ccc(OCC)cc1)C(=O)c1ccc(OCC)cc1. The molecule has 0 aliphatic rings. The topological polar surface area (TPSA) is 76.7 Å². The lowest BCUT2D eigenvalue weighted by Crippen LogP contribution is -2.32. The molecule has 0 saturated heterocycles. The average molecular weight is 469 g/mol. The molecule has 2 N–H and O–H groups in total. The van der Waals surface area contributed by atoms with Gasteiger partial charge in [-0.25, -0.2) is 0 Å². The number of ketones is 2. The van der Waals surface area contributed by atoms with Gasteiger partial charge in [0.05, 0.1) is 13.2 Å². The van der Waals surface area contributed by atoms with Gasteiger partial charge in [-0.3, -0.25) is 9.59 Å². The number of hydrogen-bond acceptors (Lipinski definition) is 6. The highest BCUT2D eigenvalue weighted by Gasteiger charge is 2.25. The Morgan fingerprint density at radius 2 is 1.00 bits per heavy atom. The number of benzene rings is 2. The number of nitrogens with one attached hydrogen (secondary N) is 2. The molecule has 6 heteroatoms. The number of ether oxygens (including phenoxy) is 2. The Labute approximate surface area is 204 Å². The second-order valence-electron chi connectivity index (χ2n) is 8.23. The van der Waals surface area contributed by atoms with E-state index in [9.17, 15) is 9.59 Å². The minimum atomic E-state index is -0.199. The van der Waals surface area contributed by atoms with Crippen molar-refractivity contribution in [3.05, 3.63) is 59.7 Å². The van der Waals surface area contributed by atoms with Crippen molar-refractivity contribution in [3.8, 4) is 11.5 Å². The average Bonchev–Trinajstić information content (AvgIpc) is 2.86. The normalized spacial score (nSPS) is 12.7. The summed E-state index contributed by atoms with van der Waals surface area (Å²) in [5.41, 5.74) is 1.35. The van der Waals surface area contributed by atoms with E-state index in [4.69, 9.17) is 9.47 Å². The van der Waals surface area contributed by atoms with Gasteiger partial charge in [-0.1, -0.05) is 13.8 Å². The van der Waals surface area contributed by atoms with E-state index >= 15 is 0 Å². The molecule has 34 heavy (non-hydrogen) atoms. The van der Waals surface area contributed by atoms with Crippen LogP contribution < -0.4 is 20.1 Å². The quantitative estimate of drug-likeness (QED) is 0.325. The molecule has 0 heterocycles. The van der Waals surface area contributed by atoms with Crippen LogP contribution in [-0.4, -0.2) is 51.0 Å². The minimum absolute atomic E-state index is 0.0970. The third-order valence-corrected chi connectivity index (χ3v) is 5.79. The summed E-state index contributed by atoms with van der Waals surface area (Å²) in [6, 6.07) is 14.7. The summed E-state index contributed by atoms with van der Waals surface area (Å²) in [6.45, 7) is 11.9. The zero-order valence-electron chi connectivity index (χ0n) is 21.1. The summed E-state index contributed by atoms with van der Waals surface area (Å²) < 4.78 is 11.0. The molecule has 0 aliphatic heterocycles. The van der Waals surface area contributed by atoms with Crippen molar-refractivity contribution >= 4 is 11.6 Å². The zero-order valence-corrected chi connectivity index (χ0v) is 21.1. The first-order valence-electron chi connectivity index (χ1n) is 12.5. The minimum Gasteiger partial charge on any atom is -0.494 e. The number of Topliss-reactive ketones (excluding diaryl/α,β-unsaturated/α-hetero) is 2. The third kappa shape index (κ3) is 8.58. The van der Waals surface area contributed by atoms with Gasteiger partial charge in [-0.05, 0) is 88.3 Å². The first kappa shape index (κ1) is 27.5. The van der Waals surface area contributed by atoms with Gasteiger partial charge >= 0.3 is 0 Å². The van der Waals surface area contributed by atoms with E-state index in [-0.39, 0.29) is 23.4 Å². The van der Waals surface area contributed by atoms with Crippen molar-refractivity contribution in [1.29, 1.82) is 0 Å². The molecule has 0 aromatic heterocycles. The predicted octanol–water partition coefficient (Wildman–Crippen LogP) is 4.78. The summed E-state index contributed by atoms with van der Waals surface area (Å²) in [4.78, 5) is 26.6. The van der Waals surface area contributed by atoms with Crippen LogP contribution in [0, 0.1) is 11.8 Å². The van der Waals surface area contributed by atoms with E-state index in [0.717, 1.165) is 24.6 Å². The van der Waals surface area contributed by atoms with Crippen LogP contribution in [0.2, 0.25) is 0 Å². The van der Waals surface area contributed by atoms with Gasteiger partial charge in [-0.2, -0.15) is 0 Å². The molecule has 2 atom stereocenters. The second-order valence-corrected chi connectivity index (χ2v) is 8.23. The van der Waals surface area contributed by atoms with Crippen LogP contribution >= 0.6 is 0 Å². The Morgan fingerprint density at radius 3 is 1.29 bits per heavy atom. The highest BCUT2D eigenvalue weighted by atomic mass is 16.5. The molecule has 186 valence electrons. The molecule has 0 amide bonds. The molecule has 2 aromatic carbocycles. The second kappa shape index (κ2) is 15.3. The molecule has 0 spiro atoms. The molecule has 0 fully saturated rings. The van der Waals surface area contributed by atoms with Crippen LogP contribution in [0.25, 0.3) is 0 Å². The molecule has 0 unspecified atom stereocenters. The first-order valence-corrected chi connectivity index (χ1v) is 12.5. The molecular weight excluding hydrogens is 428 g/mol. The van der Waals surface area contributed by atoms with E-state index in [2.05, 4.69) is 10.6 Å². The number of hydrogen-bond donors (Lipinski definition) is 2. The van der Waals surface area contributed by atoms with Gasteiger partial charge in [-0.15, -0.1) is 0 Å². The van der Waals surface area contributed by atoms with Gasteiger partial charge in [0, 0.05) is 36.1 Å². The number of carbonyl (C=O) groups is 2. The third-order valence-electron chi connectivity index (χ3n) is 5.79. The summed E-state index contributed by atoms with van der Waals surface area (Å²) in [5.74, 6) is 1.31. The molecule has 2 aromatic rings. The highest BCUT2D eigenvalue weighted by molar-refractivity contribution is 5.99. The van der Waals surface area contributed by atoms with Gasteiger partial charge in [0.1, 0.15) is 11.5 Å². The van der Waals surface area contributed by atoms with E-state index in [0.29, 0.717) is 50.3 Å². The maximum absolute atomic E-state index is 13.3. The Hall–Kier alpha value is -2.70. The monoisotopic (exact) mass is 468 g/mol. The van der Waals surface area contributed by atoms with Crippen LogP contribution in [-0.2, 0) is 0 Å². The Kier molecular flexibility index (Phi) is 12.4. The van der Waals surface area contributed by atoms with E-state index in [1.807, 2.05) is 76.2 Å². The Balaban J connectivity index is 2.12. The molecule has 0 radical (unpaired) electrons. The van der Waals surface area contributed by atoms with E-state index < -0.39 is 0 Å². The predicted molar refractivity (Wildman–Crippen MR) is 137 cm³/mol. The zero-order chi connectivity index (χ0) is 24.8. The number of rotatable bonds is 17. The van der Waals surface area contributed by atoms with Crippen molar-refractivity contribution in [2.24, 2.45) is 11.8 Å². The standard InChI is InChI=1S/C28H40N2O4/c1-5-29-19-23(27(31)21-11-15-25(16-12-21)33-7-3)9-10-24(20-30-6-2)28(32)22-13-17-26(18-14-22)34-8-4/h11-18,23-24,29-30H,5-10,19-20H2,1-4H3/t23-,24-/m1/s1. The van der Waals surface area contributed by atoms with Crippen LogP contribution in [0.5, 0.6) is 11.5 Å². The van der Waals surface area contributed by atoms with Gasteiger partial charge in [0.2, 0.25) is 0 Å². The van der Waals surface area contributed by atoms with Gasteiger partial charge in [0.15, 0.2) is 11.6 Å². The Morgan fingerprint density at radius 1 is 0.647 bits per heavy atom. The summed E-state index contributed by atoms with van der Waals surface area (Å²) >= 11 is 0. The maximum Gasteiger partial charge on any atom is 0.167 e. The summed E-state index contributed by atoms with van der Waals surface area (Å²) in [5, 5.41) is 6.63. The lowest BCUT2D eigenvalue weighted by atomic mass is 9.86. The molecular formula is C28H40N2O4. The van der Waals surface area contributed by atoms with Crippen LogP contribution in [0.15, 0.2) is 48.5 Å². The molecule has 0 saturated carbocycles. The van der Waals surface area contributed by atoms with Crippen LogP contribution in [0.1, 0.15) is 61.3 Å². The summed E-state index contributed by atoms with van der Waals surface area (Å²) in [7, 11) is 0.